The molecule has 2 N–H and O–H groups in total. The van der Waals surface area contributed by atoms with Gasteiger partial charge < -0.3 is 30.4 Å². The van der Waals surface area contributed by atoms with E-state index in [0.717, 1.165) is 51.6 Å². The van der Waals surface area contributed by atoms with Crippen LogP contribution in [0.2, 0.25) is 0 Å². The maximum atomic E-state index is 10.4. The molecule has 0 spiro atoms. The molecule has 0 aromatic rings. The van der Waals surface area contributed by atoms with Crippen LogP contribution in [-0.4, -0.2) is 37.1 Å². The molecule has 0 bridgehead atoms. The molecule has 1 aliphatic rings. The average molecular weight is 760 g/mol. The van der Waals surface area contributed by atoms with Gasteiger partial charge in [-0.2, -0.15) is 0 Å². The van der Waals surface area contributed by atoms with Gasteiger partial charge in [-0.15, -0.1) is 0 Å². The zero-order valence-corrected chi connectivity index (χ0v) is 28.6. The summed E-state index contributed by atoms with van der Waals surface area (Å²) in [6, 6.07) is 1.31. The summed E-state index contributed by atoms with van der Waals surface area (Å²) < 4.78 is 0. The fraction of sp³-hybridized carbons (Fsp3) is 0.941. The van der Waals surface area contributed by atoms with Gasteiger partial charge in [-0.25, -0.2) is 0 Å². The number of aliphatic carboxylic acids is 2. The zero-order valence-electron chi connectivity index (χ0n) is 26.3. The molecule has 1 aliphatic carbocycles. The molecule has 0 saturated heterocycles. The van der Waals surface area contributed by atoms with Crippen molar-refractivity contribution >= 4 is 11.9 Å². The Morgan fingerprint density at radius 3 is 0.951 bits per heavy atom. The average Bonchev–Trinajstić information content (AvgIpc) is 2.93. The van der Waals surface area contributed by atoms with E-state index in [0.29, 0.717) is 12.1 Å². The van der Waals surface area contributed by atoms with Crippen molar-refractivity contribution in [1.82, 2.24) is 10.6 Å². The number of rotatable bonds is 30. The molecule has 1 saturated carbocycles. The topological polar surface area (TPSA) is 104 Å². The first-order valence-corrected chi connectivity index (χ1v) is 17.5. The molecule has 0 heterocycles. The molecule has 7 heteroatoms. The molecule has 0 aromatic carbocycles. The molecule has 0 unspecified atom stereocenters. The number of carbonyl (C=O) groups is 2. The van der Waals surface area contributed by atoms with Crippen molar-refractivity contribution in [1.29, 1.82) is 0 Å². The summed E-state index contributed by atoms with van der Waals surface area (Å²) in [6.07, 6.45) is 32.8. The third kappa shape index (κ3) is 28.1. The fourth-order valence-corrected chi connectivity index (χ4v) is 6.17. The van der Waals surface area contributed by atoms with Gasteiger partial charge in [0, 0.05) is 24.0 Å². The van der Waals surface area contributed by atoms with E-state index in [2.05, 4.69) is 10.6 Å². The van der Waals surface area contributed by atoms with Crippen molar-refractivity contribution in [3.8, 4) is 0 Å². The van der Waals surface area contributed by atoms with Crippen molar-refractivity contribution in [2.75, 3.05) is 13.1 Å². The summed E-state index contributed by atoms with van der Waals surface area (Å²) in [6.45, 7) is 2.32. The van der Waals surface area contributed by atoms with E-state index in [9.17, 15) is 19.8 Å². The first-order chi connectivity index (χ1) is 19.6. The fourth-order valence-electron chi connectivity index (χ4n) is 6.17. The van der Waals surface area contributed by atoms with Crippen LogP contribution >= 0.6 is 0 Å². The molecule has 0 aromatic heterocycles. The Labute approximate surface area is 267 Å². The second kappa shape index (κ2) is 31.0. The summed E-state index contributed by atoms with van der Waals surface area (Å²) >= 11 is 0. The van der Waals surface area contributed by atoms with Gasteiger partial charge in [0.1, 0.15) is 0 Å². The van der Waals surface area contributed by atoms with Crippen LogP contribution in [0.15, 0.2) is 0 Å². The van der Waals surface area contributed by atoms with Crippen LogP contribution in [0.4, 0.5) is 0 Å². The largest absolute Gasteiger partial charge is 2.00 e. The summed E-state index contributed by atoms with van der Waals surface area (Å²) in [7, 11) is 0. The second-order valence-corrected chi connectivity index (χ2v) is 12.4. The van der Waals surface area contributed by atoms with Crippen LogP contribution in [0.25, 0.3) is 0 Å². The Bertz CT molecular complexity index is 543. The van der Waals surface area contributed by atoms with Crippen molar-refractivity contribution in [3.05, 3.63) is 0 Å². The standard InChI is InChI=1S/C34H66N2O4.Pt/c37-33(38)27-19-15-11-7-3-1-5-9-13-17-23-29-35-31-25-21-22-26-32(31)36-30-24-18-14-10-6-2-4-8-12-16-20-28-34(39)40;/h31-32,35-36H,1-30H2,(H,37,38)(H,39,40);/q;+2/p-2/t31-,32-;/m1./s1. The molecular formula is C34H64N2O4Pt. The van der Waals surface area contributed by atoms with E-state index in [1.165, 1.54) is 128 Å². The molecule has 0 amide bonds. The van der Waals surface area contributed by atoms with Crippen molar-refractivity contribution in [2.24, 2.45) is 0 Å². The molecule has 1 rings (SSSR count). The molecule has 0 radical (unpaired) electrons. The molecule has 244 valence electrons. The van der Waals surface area contributed by atoms with Crippen LogP contribution < -0.4 is 20.8 Å². The minimum Gasteiger partial charge on any atom is -0.550 e. The quantitative estimate of drug-likeness (QED) is 0.0830. The molecule has 41 heavy (non-hydrogen) atoms. The van der Waals surface area contributed by atoms with Crippen LogP contribution in [0.5, 0.6) is 0 Å². The van der Waals surface area contributed by atoms with Gasteiger partial charge in [0.2, 0.25) is 0 Å². The molecule has 0 aliphatic heterocycles. The maximum absolute atomic E-state index is 10.4. The third-order valence-electron chi connectivity index (χ3n) is 8.69. The molecule has 1 fully saturated rings. The van der Waals surface area contributed by atoms with Gasteiger partial charge in [-0.05, 0) is 64.5 Å². The normalized spacial score (nSPS) is 16.9. The van der Waals surface area contributed by atoms with Crippen molar-refractivity contribution in [2.45, 2.75) is 192 Å². The van der Waals surface area contributed by atoms with E-state index in [-0.39, 0.29) is 33.9 Å². The predicted molar refractivity (Wildman–Crippen MR) is 163 cm³/mol. The first-order valence-electron chi connectivity index (χ1n) is 17.5. The van der Waals surface area contributed by atoms with Gasteiger partial charge in [0.25, 0.3) is 0 Å². The van der Waals surface area contributed by atoms with Crippen LogP contribution in [-0.2, 0) is 30.7 Å². The smallest absolute Gasteiger partial charge is 0.550 e. The summed E-state index contributed by atoms with van der Waals surface area (Å²) in [5.41, 5.74) is 0. The van der Waals surface area contributed by atoms with Gasteiger partial charge in [0.05, 0.1) is 0 Å². The number of unbranched alkanes of at least 4 members (excludes halogenated alkanes) is 20. The number of carboxylic acids is 2. The van der Waals surface area contributed by atoms with E-state index in [1.54, 1.807) is 0 Å². The van der Waals surface area contributed by atoms with Gasteiger partial charge in [-0.3, -0.25) is 0 Å². The Hall–Kier alpha value is -0.452. The molecular weight excluding hydrogens is 695 g/mol. The van der Waals surface area contributed by atoms with E-state index in [1.807, 2.05) is 0 Å². The van der Waals surface area contributed by atoms with Crippen LogP contribution in [0.3, 0.4) is 0 Å². The number of carbonyl (C=O) groups excluding carboxylic acids is 2. The minimum atomic E-state index is -0.912. The third-order valence-corrected chi connectivity index (χ3v) is 8.69. The van der Waals surface area contributed by atoms with Crippen molar-refractivity contribution < 1.29 is 40.9 Å². The minimum absolute atomic E-state index is 0. The monoisotopic (exact) mass is 759 g/mol. The number of nitrogens with one attached hydrogen (secondary N) is 2. The zero-order chi connectivity index (χ0) is 28.9. The summed E-state index contributed by atoms with van der Waals surface area (Å²) in [5, 5.41) is 28.6. The predicted octanol–water partition coefficient (Wildman–Crippen LogP) is 6.34. The van der Waals surface area contributed by atoms with Gasteiger partial charge >= 0.3 is 21.1 Å². The summed E-state index contributed by atoms with van der Waals surface area (Å²) in [5.74, 6) is -1.82. The van der Waals surface area contributed by atoms with E-state index >= 15 is 0 Å². The number of carboxylic acid groups (broad SMARTS) is 2. The first kappa shape index (κ1) is 40.5. The van der Waals surface area contributed by atoms with Crippen LogP contribution in [0, 0.1) is 0 Å². The Morgan fingerprint density at radius 1 is 0.439 bits per heavy atom. The maximum Gasteiger partial charge on any atom is 2.00 e. The van der Waals surface area contributed by atoms with Crippen molar-refractivity contribution in [3.63, 3.8) is 0 Å². The molecule has 6 nitrogen and oxygen atoms in total. The van der Waals surface area contributed by atoms with Crippen LogP contribution in [0.1, 0.15) is 180 Å². The van der Waals surface area contributed by atoms with Gasteiger partial charge in [-0.1, -0.05) is 128 Å². The Balaban J connectivity index is 0.0000160. The Kier molecular flexibility index (Phi) is 30.6. The van der Waals surface area contributed by atoms with E-state index in [4.69, 9.17) is 0 Å². The number of hydrogen-bond acceptors (Lipinski definition) is 6. The van der Waals surface area contributed by atoms with E-state index < -0.39 is 11.9 Å². The Morgan fingerprint density at radius 2 is 0.683 bits per heavy atom. The second-order valence-electron chi connectivity index (χ2n) is 12.4. The SMILES string of the molecule is O=C([O-])CCCCCCCCCCCCCN[C@@H]1CCCC[C@H]1NCCCCCCCCCCCCCC(=O)[O-].[Pt+2]. The van der Waals surface area contributed by atoms with Gasteiger partial charge in [0.15, 0.2) is 0 Å². The number of hydrogen-bond donors (Lipinski definition) is 2. The molecule has 2 atom stereocenters. The summed E-state index contributed by atoms with van der Waals surface area (Å²) in [4.78, 5) is 20.8.